The summed E-state index contributed by atoms with van der Waals surface area (Å²) in [6.07, 6.45) is -4.43. The van der Waals surface area contributed by atoms with Crippen molar-refractivity contribution < 1.29 is 27.4 Å². The van der Waals surface area contributed by atoms with E-state index in [1.807, 2.05) is 6.07 Å². The highest BCUT2D eigenvalue weighted by molar-refractivity contribution is 5.94. The molecule has 138 valence electrons. The fourth-order valence-electron chi connectivity index (χ4n) is 2.67. The standard InChI is InChI=1S/C19H18F3NO3/c1-18(2,14-7-8-15-16(11-14)26-10-9-25-15)23-17(24)12-3-5-13(6-4-12)19(20,21)22/h3-8,11H,9-10H2,1-2H3,(H,23,24). The van der Waals surface area contributed by atoms with Crippen molar-refractivity contribution in [1.82, 2.24) is 5.32 Å². The van der Waals surface area contributed by atoms with Crippen molar-refractivity contribution in [3.05, 3.63) is 59.2 Å². The van der Waals surface area contributed by atoms with Crippen LogP contribution in [0.25, 0.3) is 0 Å². The molecule has 1 amide bonds. The maximum absolute atomic E-state index is 12.6. The number of amides is 1. The van der Waals surface area contributed by atoms with Gasteiger partial charge in [0.2, 0.25) is 0 Å². The van der Waals surface area contributed by atoms with E-state index in [4.69, 9.17) is 9.47 Å². The Bertz CT molecular complexity index is 814. The fourth-order valence-corrected chi connectivity index (χ4v) is 2.67. The van der Waals surface area contributed by atoms with Crippen LogP contribution in [0, 0.1) is 0 Å². The average molecular weight is 365 g/mol. The molecule has 0 fully saturated rings. The summed E-state index contributed by atoms with van der Waals surface area (Å²) in [4.78, 5) is 12.4. The van der Waals surface area contributed by atoms with Gasteiger partial charge in [0.1, 0.15) is 13.2 Å². The van der Waals surface area contributed by atoms with E-state index in [2.05, 4.69) is 5.32 Å². The zero-order valence-electron chi connectivity index (χ0n) is 14.3. The molecule has 0 aromatic heterocycles. The van der Waals surface area contributed by atoms with E-state index in [1.165, 1.54) is 0 Å². The van der Waals surface area contributed by atoms with Crippen LogP contribution in [-0.2, 0) is 11.7 Å². The van der Waals surface area contributed by atoms with Gasteiger partial charge in [-0.2, -0.15) is 13.2 Å². The van der Waals surface area contributed by atoms with Crippen LogP contribution in [-0.4, -0.2) is 19.1 Å². The van der Waals surface area contributed by atoms with Gasteiger partial charge in [0.25, 0.3) is 5.91 Å². The molecule has 1 aliphatic heterocycles. The third-order valence-corrected chi connectivity index (χ3v) is 4.16. The van der Waals surface area contributed by atoms with E-state index in [9.17, 15) is 18.0 Å². The fraction of sp³-hybridized carbons (Fsp3) is 0.316. The average Bonchev–Trinajstić information content (AvgIpc) is 2.60. The highest BCUT2D eigenvalue weighted by Gasteiger charge is 2.31. The van der Waals surface area contributed by atoms with Gasteiger partial charge in [0, 0.05) is 5.56 Å². The molecular formula is C19H18F3NO3. The Morgan fingerprint density at radius 1 is 0.923 bits per heavy atom. The highest BCUT2D eigenvalue weighted by Crippen LogP contribution is 2.34. The lowest BCUT2D eigenvalue weighted by Gasteiger charge is -2.29. The van der Waals surface area contributed by atoms with Crippen LogP contribution < -0.4 is 14.8 Å². The zero-order valence-corrected chi connectivity index (χ0v) is 14.3. The molecule has 1 heterocycles. The smallest absolute Gasteiger partial charge is 0.416 e. The minimum atomic E-state index is -4.43. The van der Waals surface area contributed by atoms with Gasteiger partial charge in [-0.15, -0.1) is 0 Å². The van der Waals surface area contributed by atoms with Gasteiger partial charge < -0.3 is 14.8 Å². The number of rotatable bonds is 3. The molecule has 1 aliphatic rings. The third-order valence-electron chi connectivity index (χ3n) is 4.16. The summed E-state index contributed by atoms with van der Waals surface area (Å²) in [5.74, 6) is 0.786. The van der Waals surface area contributed by atoms with Crippen molar-refractivity contribution in [2.24, 2.45) is 0 Å². The number of nitrogens with one attached hydrogen (secondary N) is 1. The normalized spacial score (nSPS) is 14.0. The first-order chi connectivity index (χ1) is 12.2. The lowest BCUT2D eigenvalue weighted by molar-refractivity contribution is -0.137. The number of hydrogen-bond donors (Lipinski definition) is 1. The zero-order chi connectivity index (χ0) is 18.9. The van der Waals surface area contributed by atoms with Crippen molar-refractivity contribution >= 4 is 5.91 Å². The number of fused-ring (bicyclic) bond motifs is 1. The van der Waals surface area contributed by atoms with Crippen LogP contribution in [0.4, 0.5) is 13.2 Å². The summed E-state index contributed by atoms with van der Waals surface area (Å²) in [6.45, 7) is 4.55. The second-order valence-corrected chi connectivity index (χ2v) is 6.51. The highest BCUT2D eigenvalue weighted by atomic mass is 19.4. The molecule has 0 aliphatic carbocycles. The monoisotopic (exact) mass is 365 g/mol. The molecule has 4 nitrogen and oxygen atoms in total. The SMILES string of the molecule is CC(C)(NC(=O)c1ccc(C(F)(F)F)cc1)c1ccc2c(c1)OCCO2. The van der Waals surface area contributed by atoms with Gasteiger partial charge in [-0.3, -0.25) is 4.79 Å². The molecule has 0 atom stereocenters. The lowest BCUT2D eigenvalue weighted by atomic mass is 9.93. The molecule has 26 heavy (non-hydrogen) atoms. The van der Waals surface area contributed by atoms with Crippen molar-refractivity contribution in [3.8, 4) is 11.5 Å². The van der Waals surface area contributed by atoms with Gasteiger partial charge in [-0.25, -0.2) is 0 Å². The molecular weight excluding hydrogens is 347 g/mol. The van der Waals surface area contributed by atoms with E-state index in [0.717, 1.165) is 29.8 Å². The van der Waals surface area contributed by atoms with E-state index in [1.54, 1.807) is 26.0 Å². The predicted molar refractivity (Wildman–Crippen MR) is 89.4 cm³/mol. The second kappa shape index (κ2) is 6.55. The quantitative estimate of drug-likeness (QED) is 0.889. The topological polar surface area (TPSA) is 47.6 Å². The first-order valence-electron chi connectivity index (χ1n) is 8.07. The number of alkyl halides is 3. The van der Waals surface area contributed by atoms with Gasteiger partial charge in [0.05, 0.1) is 11.1 Å². The molecule has 2 aromatic rings. The molecule has 0 unspecified atom stereocenters. The second-order valence-electron chi connectivity index (χ2n) is 6.51. The minimum Gasteiger partial charge on any atom is -0.486 e. The van der Waals surface area contributed by atoms with Crippen molar-refractivity contribution in [2.75, 3.05) is 13.2 Å². The van der Waals surface area contributed by atoms with E-state index >= 15 is 0 Å². The maximum atomic E-state index is 12.6. The number of halogens is 3. The summed E-state index contributed by atoms with van der Waals surface area (Å²) >= 11 is 0. The number of hydrogen-bond acceptors (Lipinski definition) is 3. The number of benzene rings is 2. The van der Waals surface area contributed by atoms with Crippen molar-refractivity contribution in [1.29, 1.82) is 0 Å². The Morgan fingerprint density at radius 3 is 2.12 bits per heavy atom. The predicted octanol–water partition coefficient (Wildman–Crippen LogP) is 4.14. The number of carbonyl (C=O) groups excluding carboxylic acids is 1. The maximum Gasteiger partial charge on any atom is 0.416 e. The van der Waals surface area contributed by atoms with E-state index < -0.39 is 23.2 Å². The summed E-state index contributed by atoms with van der Waals surface area (Å²) < 4.78 is 48.9. The molecule has 0 spiro atoms. The van der Waals surface area contributed by atoms with Crippen LogP contribution in [0.15, 0.2) is 42.5 Å². The van der Waals surface area contributed by atoms with Gasteiger partial charge >= 0.3 is 6.18 Å². The Kier molecular flexibility index (Phi) is 4.56. The van der Waals surface area contributed by atoms with Crippen LogP contribution >= 0.6 is 0 Å². The summed E-state index contributed by atoms with van der Waals surface area (Å²) in [6, 6.07) is 9.51. The minimum absolute atomic E-state index is 0.156. The lowest BCUT2D eigenvalue weighted by Crippen LogP contribution is -2.41. The van der Waals surface area contributed by atoms with Gasteiger partial charge in [-0.1, -0.05) is 6.07 Å². The van der Waals surface area contributed by atoms with E-state index in [-0.39, 0.29) is 5.56 Å². The Balaban J connectivity index is 1.77. The van der Waals surface area contributed by atoms with Crippen LogP contribution in [0.1, 0.15) is 35.3 Å². The van der Waals surface area contributed by atoms with Crippen molar-refractivity contribution in [3.63, 3.8) is 0 Å². The molecule has 3 rings (SSSR count). The molecule has 0 saturated carbocycles. The first kappa shape index (κ1) is 18.1. The van der Waals surface area contributed by atoms with Crippen LogP contribution in [0.3, 0.4) is 0 Å². The summed E-state index contributed by atoms with van der Waals surface area (Å²) in [5.41, 5.74) is -0.596. The van der Waals surface area contributed by atoms with Gasteiger partial charge in [-0.05, 0) is 55.8 Å². The molecule has 1 N–H and O–H groups in total. The van der Waals surface area contributed by atoms with Crippen molar-refractivity contribution in [2.45, 2.75) is 25.6 Å². The van der Waals surface area contributed by atoms with Crippen LogP contribution in [0.2, 0.25) is 0 Å². The first-order valence-corrected chi connectivity index (χ1v) is 8.07. The number of carbonyl (C=O) groups is 1. The largest absolute Gasteiger partial charge is 0.486 e. The number of ether oxygens (including phenoxy) is 2. The summed E-state index contributed by atoms with van der Waals surface area (Å²) in [5, 5.41) is 2.84. The molecule has 7 heteroatoms. The van der Waals surface area contributed by atoms with E-state index in [0.29, 0.717) is 24.7 Å². The summed E-state index contributed by atoms with van der Waals surface area (Å²) in [7, 11) is 0. The van der Waals surface area contributed by atoms with Crippen LogP contribution in [0.5, 0.6) is 11.5 Å². The van der Waals surface area contributed by atoms with Gasteiger partial charge in [0.15, 0.2) is 11.5 Å². The Labute approximate surface area is 148 Å². The Morgan fingerprint density at radius 2 is 1.50 bits per heavy atom. The molecule has 0 bridgehead atoms. The molecule has 2 aromatic carbocycles. The third kappa shape index (κ3) is 3.76. The Hall–Kier alpha value is -2.70. The molecule has 0 radical (unpaired) electrons. The molecule has 0 saturated heterocycles.